The van der Waals surface area contributed by atoms with Gasteiger partial charge in [-0.05, 0) is 46.3 Å². The number of carbonyl (C=O) groups is 1. The van der Waals surface area contributed by atoms with Crippen LogP contribution in [0.2, 0.25) is 0 Å². The summed E-state index contributed by atoms with van der Waals surface area (Å²) >= 11 is 6.23. The summed E-state index contributed by atoms with van der Waals surface area (Å²) in [6, 6.07) is 3.75. The van der Waals surface area contributed by atoms with Crippen LogP contribution in [0.5, 0.6) is 0 Å². The van der Waals surface area contributed by atoms with E-state index in [0.717, 1.165) is 26.5 Å². The van der Waals surface area contributed by atoms with Crippen molar-refractivity contribution in [3.05, 3.63) is 32.2 Å². The van der Waals surface area contributed by atoms with Crippen molar-refractivity contribution in [2.24, 2.45) is 5.41 Å². The summed E-state index contributed by atoms with van der Waals surface area (Å²) in [5.74, 6) is 0.909. The highest BCUT2D eigenvalue weighted by Gasteiger charge is 2.61. The van der Waals surface area contributed by atoms with Crippen molar-refractivity contribution in [1.29, 1.82) is 0 Å². The molecule has 7 heteroatoms. The third-order valence-corrected chi connectivity index (χ3v) is 8.46. The van der Waals surface area contributed by atoms with Crippen LogP contribution in [0.4, 0.5) is 0 Å². The van der Waals surface area contributed by atoms with Crippen LogP contribution < -0.4 is 0 Å². The van der Waals surface area contributed by atoms with Crippen molar-refractivity contribution in [3.63, 3.8) is 0 Å². The minimum Gasteiger partial charge on any atom is -0.292 e. The van der Waals surface area contributed by atoms with Gasteiger partial charge in [0, 0.05) is 11.3 Å². The Balaban J connectivity index is 1.55. The molecule has 0 aliphatic heterocycles. The van der Waals surface area contributed by atoms with Gasteiger partial charge in [-0.15, -0.1) is 16.4 Å². The molecule has 0 saturated heterocycles. The van der Waals surface area contributed by atoms with Gasteiger partial charge < -0.3 is 0 Å². The van der Waals surface area contributed by atoms with Gasteiger partial charge >= 0.3 is 0 Å². The summed E-state index contributed by atoms with van der Waals surface area (Å²) in [7, 11) is 0. The zero-order chi connectivity index (χ0) is 17.1. The number of hydrogen-bond donors (Lipinski definition) is 0. The second kappa shape index (κ2) is 5.61. The smallest absolute Gasteiger partial charge is 0.209 e. The van der Waals surface area contributed by atoms with E-state index in [-0.39, 0.29) is 16.6 Å². The minimum atomic E-state index is 0.0703. The number of hydrogen-bond acceptors (Lipinski definition) is 6. The van der Waals surface area contributed by atoms with Gasteiger partial charge in [-0.25, -0.2) is 4.98 Å². The zero-order valence-electron chi connectivity index (χ0n) is 13.8. The summed E-state index contributed by atoms with van der Waals surface area (Å²) in [5.41, 5.74) is 2.43. The number of rotatable bonds is 4. The van der Waals surface area contributed by atoms with E-state index in [1.165, 1.54) is 29.5 Å². The lowest BCUT2D eigenvalue weighted by Gasteiger charge is -2.33. The van der Waals surface area contributed by atoms with Gasteiger partial charge in [-0.2, -0.15) is 5.10 Å². The van der Waals surface area contributed by atoms with Crippen LogP contribution in [-0.4, -0.2) is 26.7 Å². The fraction of sp³-hybridized carbons (Fsp3) is 0.529. The minimum absolute atomic E-state index is 0.0703. The molecule has 24 heavy (non-hydrogen) atoms. The topological polar surface area (TPSA) is 55.7 Å². The van der Waals surface area contributed by atoms with E-state index in [4.69, 9.17) is 4.98 Å². The van der Waals surface area contributed by atoms with Crippen LogP contribution in [0, 0.1) is 5.41 Å². The standard InChI is InChI=1S/C17H18BrN3OS2/c1-16(2)9-6-7-17(16,3)14-13(9)20-21-15(19-14)23-8-10(22)11-4-5-12(18)24-11/h4-5,9H,6-8H2,1-3H3/t9-,17+/m1/s1. The highest BCUT2D eigenvalue weighted by atomic mass is 79.9. The largest absolute Gasteiger partial charge is 0.292 e. The molecular weight excluding hydrogens is 406 g/mol. The summed E-state index contributed by atoms with van der Waals surface area (Å²) in [4.78, 5) is 17.8. The SMILES string of the molecule is CC1(C)[C@@H]2CC[C@@]1(C)c1nc(SCC(=O)c3ccc(Br)s3)nnc12. The molecule has 0 amide bonds. The molecule has 0 aromatic carbocycles. The number of carbonyl (C=O) groups excluding carboxylic acids is 1. The molecule has 0 unspecified atom stereocenters. The lowest BCUT2D eigenvalue weighted by Crippen LogP contribution is -2.32. The van der Waals surface area contributed by atoms with E-state index in [1.807, 2.05) is 12.1 Å². The van der Waals surface area contributed by atoms with Gasteiger partial charge in [0.25, 0.3) is 0 Å². The van der Waals surface area contributed by atoms with E-state index in [9.17, 15) is 4.79 Å². The summed E-state index contributed by atoms with van der Waals surface area (Å²) in [6.07, 6.45) is 2.33. The molecule has 1 fully saturated rings. The first kappa shape index (κ1) is 16.7. The average Bonchev–Trinajstić information content (AvgIpc) is 3.12. The monoisotopic (exact) mass is 423 g/mol. The second-order valence-electron chi connectivity index (χ2n) is 7.29. The molecule has 2 aliphatic rings. The van der Waals surface area contributed by atoms with Crippen molar-refractivity contribution in [3.8, 4) is 0 Å². The van der Waals surface area contributed by atoms with E-state index in [1.54, 1.807) is 0 Å². The van der Waals surface area contributed by atoms with Gasteiger partial charge in [0.2, 0.25) is 5.16 Å². The first-order valence-electron chi connectivity index (χ1n) is 7.99. The Morgan fingerprint density at radius 1 is 1.38 bits per heavy atom. The Morgan fingerprint density at radius 3 is 2.88 bits per heavy atom. The first-order chi connectivity index (χ1) is 11.3. The fourth-order valence-corrected chi connectivity index (χ4v) is 6.17. The van der Waals surface area contributed by atoms with E-state index >= 15 is 0 Å². The predicted molar refractivity (Wildman–Crippen MR) is 100 cm³/mol. The molecule has 2 aliphatic carbocycles. The number of thioether (sulfide) groups is 1. The van der Waals surface area contributed by atoms with Crippen molar-refractivity contribution >= 4 is 44.8 Å². The Labute approximate surface area is 158 Å². The molecule has 0 N–H and O–H groups in total. The average molecular weight is 424 g/mol. The molecule has 0 radical (unpaired) electrons. The van der Waals surface area contributed by atoms with Crippen molar-refractivity contribution in [2.45, 2.75) is 50.1 Å². The second-order valence-corrected chi connectivity index (χ2v) is 10.7. The van der Waals surface area contributed by atoms with Crippen LogP contribution in [0.15, 0.2) is 21.1 Å². The first-order valence-corrected chi connectivity index (χ1v) is 10.6. The number of fused-ring (bicyclic) bond motifs is 5. The number of aromatic nitrogens is 3. The third-order valence-electron chi connectivity index (χ3n) is 5.95. The summed E-state index contributed by atoms with van der Waals surface area (Å²) < 4.78 is 0.970. The molecule has 2 bridgehead atoms. The molecule has 1 saturated carbocycles. The van der Waals surface area contributed by atoms with E-state index < -0.39 is 0 Å². The third kappa shape index (κ3) is 2.31. The van der Waals surface area contributed by atoms with Gasteiger partial charge in [-0.1, -0.05) is 32.5 Å². The maximum Gasteiger partial charge on any atom is 0.209 e. The quantitative estimate of drug-likeness (QED) is 0.519. The number of Topliss-reactive ketones (excluding diaryl/α,β-unsaturated/α-hetero) is 1. The molecule has 2 aromatic heterocycles. The molecule has 4 rings (SSSR count). The van der Waals surface area contributed by atoms with E-state index in [0.29, 0.717) is 16.8 Å². The summed E-state index contributed by atoms with van der Waals surface area (Å²) in [6.45, 7) is 6.94. The van der Waals surface area contributed by atoms with Crippen LogP contribution in [0.25, 0.3) is 0 Å². The Kier molecular flexibility index (Phi) is 3.89. The van der Waals surface area contributed by atoms with Crippen LogP contribution in [-0.2, 0) is 5.41 Å². The molecule has 0 spiro atoms. The van der Waals surface area contributed by atoms with Gasteiger partial charge in [-0.3, -0.25) is 4.79 Å². The van der Waals surface area contributed by atoms with Crippen molar-refractivity contribution < 1.29 is 4.79 Å². The Bertz CT molecular complexity index is 835. The van der Waals surface area contributed by atoms with Crippen LogP contribution in [0.1, 0.15) is 60.6 Å². The maximum absolute atomic E-state index is 12.3. The highest BCUT2D eigenvalue weighted by molar-refractivity contribution is 9.11. The maximum atomic E-state index is 12.3. The molecule has 2 atom stereocenters. The lowest BCUT2D eigenvalue weighted by atomic mass is 9.70. The molecule has 126 valence electrons. The Hall–Kier alpha value is -0.790. The van der Waals surface area contributed by atoms with Crippen molar-refractivity contribution in [1.82, 2.24) is 15.2 Å². The normalized spacial score (nSPS) is 26.6. The predicted octanol–water partition coefficient (Wildman–Crippen LogP) is 4.85. The fourth-order valence-electron chi connectivity index (χ4n) is 4.09. The van der Waals surface area contributed by atoms with Gasteiger partial charge in [0.05, 0.1) is 25.8 Å². The molecule has 2 aromatic rings. The Morgan fingerprint density at radius 2 is 2.17 bits per heavy atom. The van der Waals surface area contributed by atoms with Gasteiger partial charge in [0.1, 0.15) is 0 Å². The van der Waals surface area contributed by atoms with Gasteiger partial charge in [0.15, 0.2) is 5.78 Å². The lowest BCUT2D eigenvalue weighted by molar-refractivity contribution is 0.102. The summed E-state index contributed by atoms with van der Waals surface area (Å²) in [5, 5.41) is 9.38. The number of nitrogens with zero attached hydrogens (tertiary/aromatic N) is 3. The molecular formula is C17H18BrN3OS2. The zero-order valence-corrected chi connectivity index (χ0v) is 17.0. The number of halogens is 1. The number of ketones is 1. The molecule has 2 heterocycles. The van der Waals surface area contributed by atoms with Crippen LogP contribution >= 0.6 is 39.0 Å². The highest BCUT2D eigenvalue weighted by Crippen LogP contribution is 2.66. The van der Waals surface area contributed by atoms with Crippen LogP contribution in [0.3, 0.4) is 0 Å². The number of thiophene rings is 1. The van der Waals surface area contributed by atoms with E-state index in [2.05, 4.69) is 46.9 Å². The van der Waals surface area contributed by atoms with Crippen molar-refractivity contribution in [2.75, 3.05) is 5.75 Å². The molecule has 4 nitrogen and oxygen atoms in total.